The lowest BCUT2D eigenvalue weighted by molar-refractivity contribution is -0.117. The zero-order valence-corrected chi connectivity index (χ0v) is 17.0. The van der Waals surface area contributed by atoms with Gasteiger partial charge in [-0.15, -0.1) is 0 Å². The molecule has 1 aromatic heterocycles. The van der Waals surface area contributed by atoms with Crippen LogP contribution < -0.4 is 10.2 Å². The number of ether oxygens (including phenoxy) is 1. The molecule has 0 radical (unpaired) electrons. The molecule has 0 saturated carbocycles. The van der Waals surface area contributed by atoms with E-state index in [0.29, 0.717) is 6.54 Å². The Balaban J connectivity index is 1.20. The zero-order chi connectivity index (χ0) is 20.1. The average Bonchev–Trinajstić information content (AvgIpc) is 3.15. The van der Waals surface area contributed by atoms with Crippen molar-refractivity contribution in [3.05, 3.63) is 41.8 Å². The fourth-order valence-electron chi connectivity index (χ4n) is 3.81. The molecule has 8 heteroatoms. The van der Waals surface area contributed by atoms with E-state index < -0.39 is 0 Å². The van der Waals surface area contributed by atoms with Crippen molar-refractivity contribution in [3.63, 3.8) is 0 Å². The number of carbonyl (C=O) groups excluding carboxylic acids is 1. The fraction of sp³-hybridized carbons (Fsp3) is 0.524. The standard InChI is InChI=1S/C21H29N5O3/c1-17-14-19(23-29-17)15-24-6-8-25(9-7-24)16-21(27)22-18-2-4-20(5-3-18)26-10-12-28-13-11-26/h2-5,14H,6-13,15-16H2,1H3,(H,22,27). The Morgan fingerprint density at radius 3 is 2.38 bits per heavy atom. The number of anilines is 2. The number of benzene rings is 1. The lowest BCUT2D eigenvalue weighted by atomic mass is 10.2. The summed E-state index contributed by atoms with van der Waals surface area (Å²) in [5.41, 5.74) is 2.98. The molecule has 3 heterocycles. The second-order valence-corrected chi connectivity index (χ2v) is 7.68. The smallest absolute Gasteiger partial charge is 0.238 e. The van der Waals surface area contributed by atoms with Crippen molar-refractivity contribution in [2.24, 2.45) is 0 Å². The topological polar surface area (TPSA) is 74.1 Å². The van der Waals surface area contributed by atoms with E-state index in [9.17, 15) is 4.79 Å². The minimum atomic E-state index is 0.0321. The van der Waals surface area contributed by atoms with Gasteiger partial charge in [-0.25, -0.2) is 0 Å². The number of hydrogen-bond donors (Lipinski definition) is 1. The summed E-state index contributed by atoms with van der Waals surface area (Å²) in [5, 5.41) is 7.07. The summed E-state index contributed by atoms with van der Waals surface area (Å²) in [6.07, 6.45) is 0. The summed E-state index contributed by atoms with van der Waals surface area (Å²) in [5.74, 6) is 0.873. The number of piperazine rings is 1. The highest BCUT2D eigenvalue weighted by Gasteiger charge is 2.20. The summed E-state index contributed by atoms with van der Waals surface area (Å²) in [6, 6.07) is 10.0. The van der Waals surface area contributed by atoms with Crippen molar-refractivity contribution in [3.8, 4) is 0 Å². The predicted octanol–water partition coefficient (Wildman–Crippen LogP) is 1.58. The van der Waals surface area contributed by atoms with Crippen LogP contribution in [0.2, 0.25) is 0 Å². The number of aryl methyl sites for hydroxylation is 1. The van der Waals surface area contributed by atoms with Gasteiger partial charge in [0.25, 0.3) is 0 Å². The fourth-order valence-corrected chi connectivity index (χ4v) is 3.81. The van der Waals surface area contributed by atoms with Gasteiger partial charge in [-0.05, 0) is 31.2 Å². The summed E-state index contributed by atoms with van der Waals surface area (Å²) in [6.45, 7) is 10.1. The van der Waals surface area contributed by atoms with Crippen LogP contribution in [0.3, 0.4) is 0 Å². The van der Waals surface area contributed by atoms with E-state index in [-0.39, 0.29) is 5.91 Å². The Bertz CT molecular complexity index is 793. The lowest BCUT2D eigenvalue weighted by Gasteiger charge is -2.33. The van der Waals surface area contributed by atoms with E-state index in [1.165, 1.54) is 5.69 Å². The number of rotatable bonds is 6. The van der Waals surface area contributed by atoms with E-state index in [1.54, 1.807) is 0 Å². The molecule has 2 aliphatic rings. The van der Waals surface area contributed by atoms with Crippen LogP contribution in [0.4, 0.5) is 11.4 Å². The molecule has 2 fully saturated rings. The van der Waals surface area contributed by atoms with Crippen LogP contribution in [0.15, 0.2) is 34.9 Å². The summed E-state index contributed by atoms with van der Waals surface area (Å²) in [7, 11) is 0. The molecule has 0 atom stereocenters. The van der Waals surface area contributed by atoms with Crippen molar-refractivity contribution in [1.82, 2.24) is 15.0 Å². The van der Waals surface area contributed by atoms with Gasteiger partial charge in [0.15, 0.2) is 0 Å². The molecule has 1 N–H and O–H groups in total. The number of amides is 1. The van der Waals surface area contributed by atoms with Gasteiger partial charge in [0.1, 0.15) is 5.76 Å². The molecule has 0 aliphatic carbocycles. The number of nitrogens with one attached hydrogen (secondary N) is 1. The third-order valence-corrected chi connectivity index (χ3v) is 5.42. The van der Waals surface area contributed by atoms with Crippen molar-refractivity contribution < 1.29 is 14.1 Å². The molecule has 8 nitrogen and oxygen atoms in total. The van der Waals surface area contributed by atoms with E-state index in [0.717, 1.165) is 76.2 Å². The molecule has 156 valence electrons. The van der Waals surface area contributed by atoms with Crippen molar-refractivity contribution in [2.45, 2.75) is 13.5 Å². The van der Waals surface area contributed by atoms with Gasteiger partial charge in [-0.3, -0.25) is 14.6 Å². The molecule has 2 aromatic rings. The highest BCUT2D eigenvalue weighted by Crippen LogP contribution is 2.19. The minimum absolute atomic E-state index is 0.0321. The maximum atomic E-state index is 12.4. The second kappa shape index (κ2) is 9.39. The predicted molar refractivity (Wildman–Crippen MR) is 111 cm³/mol. The Kier molecular flexibility index (Phi) is 6.43. The highest BCUT2D eigenvalue weighted by molar-refractivity contribution is 5.92. The third-order valence-electron chi connectivity index (χ3n) is 5.42. The molecule has 1 amide bonds. The Labute approximate surface area is 171 Å². The monoisotopic (exact) mass is 399 g/mol. The third kappa shape index (κ3) is 5.56. The molecule has 29 heavy (non-hydrogen) atoms. The second-order valence-electron chi connectivity index (χ2n) is 7.68. The molecule has 4 rings (SSSR count). The molecular formula is C21H29N5O3. The van der Waals surface area contributed by atoms with Gasteiger partial charge >= 0.3 is 0 Å². The first-order chi connectivity index (χ1) is 14.2. The SMILES string of the molecule is Cc1cc(CN2CCN(CC(=O)Nc3ccc(N4CCOCC4)cc3)CC2)no1. The molecule has 2 aliphatic heterocycles. The van der Waals surface area contributed by atoms with E-state index in [4.69, 9.17) is 9.26 Å². The van der Waals surface area contributed by atoms with Crippen LogP contribution in [0, 0.1) is 6.92 Å². The molecule has 0 unspecified atom stereocenters. The van der Waals surface area contributed by atoms with E-state index in [1.807, 2.05) is 25.1 Å². The van der Waals surface area contributed by atoms with Crippen molar-refractivity contribution in [1.29, 1.82) is 0 Å². The van der Waals surface area contributed by atoms with Gasteiger partial charge in [0, 0.05) is 63.3 Å². The summed E-state index contributed by atoms with van der Waals surface area (Å²) >= 11 is 0. The van der Waals surface area contributed by atoms with Crippen LogP contribution >= 0.6 is 0 Å². The van der Waals surface area contributed by atoms with Crippen LogP contribution in [0.1, 0.15) is 11.5 Å². The quantitative estimate of drug-likeness (QED) is 0.790. The number of hydrogen-bond acceptors (Lipinski definition) is 7. The molecule has 2 saturated heterocycles. The van der Waals surface area contributed by atoms with Gasteiger partial charge in [0.05, 0.1) is 25.5 Å². The van der Waals surface area contributed by atoms with Crippen LogP contribution in [0.25, 0.3) is 0 Å². The Morgan fingerprint density at radius 1 is 1.03 bits per heavy atom. The average molecular weight is 399 g/mol. The van der Waals surface area contributed by atoms with E-state index >= 15 is 0 Å². The van der Waals surface area contributed by atoms with E-state index in [2.05, 4.69) is 37.3 Å². The molecule has 0 bridgehead atoms. The normalized spacial score (nSPS) is 18.7. The molecular weight excluding hydrogens is 370 g/mol. The van der Waals surface area contributed by atoms with Crippen molar-refractivity contribution >= 4 is 17.3 Å². The first-order valence-corrected chi connectivity index (χ1v) is 10.3. The van der Waals surface area contributed by atoms with Crippen LogP contribution in [-0.2, 0) is 16.1 Å². The number of morpholine rings is 1. The van der Waals surface area contributed by atoms with Crippen molar-refractivity contribution in [2.75, 3.05) is 69.2 Å². The minimum Gasteiger partial charge on any atom is -0.378 e. The number of aromatic nitrogens is 1. The van der Waals surface area contributed by atoms with Gasteiger partial charge < -0.3 is 19.5 Å². The maximum absolute atomic E-state index is 12.4. The Morgan fingerprint density at radius 2 is 1.72 bits per heavy atom. The molecule has 0 spiro atoms. The van der Waals surface area contributed by atoms with Gasteiger partial charge in [0.2, 0.25) is 5.91 Å². The zero-order valence-electron chi connectivity index (χ0n) is 17.0. The van der Waals surface area contributed by atoms with Crippen LogP contribution in [0.5, 0.6) is 0 Å². The summed E-state index contributed by atoms with van der Waals surface area (Å²) in [4.78, 5) is 19.3. The Hall–Kier alpha value is -2.42. The molecule has 1 aromatic carbocycles. The van der Waals surface area contributed by atoms with Crippen LogP contribution in [-0.4, -0.2) is 79.9 Å². The summed E-state index contributed by atoms with van der Waals surface area (Å²) < 4.78 is 10.5. The highest BCUT2D eigenvalue weighted by atomic mass is 16.5. The van der Waals surface area contributed by atoms with Gasteiger partial charge in [-0.1, -0.05) is 5.16 Å². The lowest BCUT2D eigenvalue weighted by Crippen LogP contribution is -2.48. The first kappa shape index (κ1) is 19.9. The first-order valence-electron chi connectivity index (χ1n) is 10.3. The largest absolute Gasteiger partial charge is 0.378 e. The number of carbonyl (C=O) groups is 1. The maximum Gasteiger partial charge on any atom is 0.238 e. The van der Waals surface area contributed by atoms with Gasteiger partial charge in [-0.2, -0.15) is 0 Å². The number of nitrogens with zero attached hydrogens (tertiary/aromatic N) is 4.